The molecule has 2 heterocycles. The van der Waals surface area contributed by atoms with Crippen molar-refractivity contribution in [2.75, 3.05) is 0 Å². The minimum absolute atomic E-state index is 0.0173. The number of nitrogens with one attached hydrogen (secondary N) is 1. The van der Waals surface area contributed by atoms with Gasteiger partial charge in [0.2, 0.25) is 5.91 Å². The van der Waals surface area contributed by atoms with Crippen LogP contribution in [0, 0.1) is 29.3 Å². The fraction of sp³-hybridized carbons (Fsp3) is 0.351. The van der Waals surface area contributed by atoms with Crippen molar-refractivity contribution in [2.45, 2.75) is 81.7 Å². The number of primary amides is 1. The van der Waals surface area contributed by atoms with Gasteiger partial charge in [0.25, 0.3) is 11.8 Å². The summed E-state index contributed by atoms with van der Waals surface area (Å²) < 4.78 is 115. The second-order valence-corrected chi connectivity index (χ2v) is 13.2. The molecule has 4 N–H and O–H groups in total. The lowest BCUT2D eigenvalue weighted by Crippen LogP contribution is -2.35. The molecule has 1 atom stereocenters. The number of benzene rings is 2. The van der Waals surface area contributed by atoms with E-state index in [9.17, 15) is 49.8 Å². The molecule has 0 bridgehead atoms. The predicted molar refractivity (Wildman–Crippen MR) is 173 cm³/mol. The fourth-order valence-electron chi connectivity index (χ4n) is 6.82. The minimum Gasteiger partial charge on any atom is -0.378 e. The first-order valence-corrected chi connectivity index (χ1v) is 16.6. The van der Waals surface area contributed by atoms with Gasteiger partial charge in [-0.2, -0.15) is 27.1 Å². The zero-order valence-corrected chi connectivity index (χ0v) is 27.8. The molecule has 2 amide bonds. The fourth-order valence-corrected chi connectivity index (χ4v) is 6.82. The second kappa shape index (κ2) is 14.3. The molecule has 16 heteroatoms. The Labute approximate surface area is 297 Å². The Balaban J connectivity index is 1.46. The van der Waals surface area contributed by atoms with Crippen LogP contribution in [0.15, 0.2) is 48.5 Å². The monoisotopic (exact) mass is 745 g/mol. The maximum Gasteiger partial charge on any atom is 0.435 e. The lowest BCUT2D eigenvalue weighted by atomic mass is 9.85. The van der Waals surface area contributed by atoms with E-state index in [1.54, 1.807) is 0 Å². The molecule has 2 aromatic heterocycles. The van der Waals surface area contributed by atoms with E-state index in [1.165, 1.54) is 18.2 Å². The Morgan fingerprint density at radius 2 is 1.68 bits per heavy atom. The molecule has 0 saturated heterocycles. The first-order chi connectivity index (χ1) is 24.9. The van der Waals surface area contributed by atoms with E-state index in [0.717, 1.165) is 43.5 Å². The van der Waals surface area contributed by atoms with Gasteiger partial charge in [0, 0.05) is 23.6 Å². The van der Waals surface area contributed by atoms with E-state index in [2.05, 4.69) is 27.2 Å². The number of hydrogen-bond donors (Lipinski definition) is 3. The number of pyridine rings is 1. The molecule has 8 nitrogen and oxygen atoms in total. The van der Waals surface area contributed by atoms with Crippen molar-refractivity contribution in [1.82, 2.24) is 20.1 Å². The van der Waals surface area contributed by atoms with Crippen molar-refractivity contribution in [2.24, 2.45) is 5.73 Å². The Bertz CT molecular complexity index is 2130. The van der Waals surface area contributed by atoms with E-state index in [0.29, 0.717) is 23.6 Å². The highest BCUT2D eigenvalue weighted by molar-refractivity contribution is 5.94. The number of aliphatic hydroxyl groups is 1. The summed E-state index contributed by atoms with van der Waals surface area (Å²) in [5.41, 5.74) is 0.508. The van der Waals surface area contributed by atoms with Crippen molar-refractivity contribution in [3.63, 3.8) is 0 Å². The first kappa shape index (κ1) is 37.5. The average molecular weight is 746 g/mol. The van der Waals surface area contributed by atoms with E-state index in [4.69, 9.17) is 5.73 Å². The molecule has 0 spiro atoms. The number of rotatable bonds is 8. The largest absolute Gasteiger partial charge is 0.435 e. The lowest BCUT2D eigenvalue weighted by molar-refractivity contribution is -0.142. The highest BCUT2D eigenvalue weighted by Gasteiger charge is 2.50. The summed E-state index contributed by atoms with van der Waals surface area (Å²) in [5, 5.41) is 16.8. The van der Waals surface area contributed by atoms with Crippen LogP contribution >= 0.6 is 0 Å². The summed E-state index contributed by atoms with van der Waals surface area (Å²) in [6, 6.07) is 7.37. The van der Waals surface area contributed by atoms with Crippen LogP contribution in [0.4, 0.5) is 35.1 Å². The Morgan fingerprint density at radius 1 is 0.981 bits per heavy atom. The predicted octanol–water partition coefficient (Wildman–Crippen LogP) is 6.67. The molecule has 0 aliphatic heterocycles. The van der Waals surface area contributed by atoms with Gasteiger partial charge in [0.1, 0.15) is 41.0 Å². The number of fused-ring (bicyclic) bond motifs is 1. The standard InChI is InChI=1S/C37H31F8N5O3/c38-22-14-20(15-23(39)18-22)16-29(48-30(51)19-50-33-26(9-13-36(33,41)42)32(49-50)37(43,44)45)31-25(21-4-7-28(40)27(17-21)34(46)52)6-5-24(47-31)8-12-35(53)10-2-1-3-11-35/h4-7,14-15,17-18,29,53H,1-3,9-11,13,16,19H2,(H2,46,52)(H,48,51). The van der Waals surface area contributed by atoms with Crippen molar-refractivity contribution in [3.8, 4) is 23.0 Å². The Kier molecular flexibility index (Phi) is 10.1. The summed E-state index contributed by atoms with van der Waals surface area (Å²) in [4.78, 5) is 30.3. The molecule has 4 aromatic rings. The third kappa shape index (κ3) is 8.20. The lowest BCUT2D eigenvalue weighted by Gasteiger charge is -2.26. The van der Waals surface area contributed by atoms with Gasteiger partial charge >= 0.3 is 6.18 Å². The molecular formula is C37H31F8N5O3. The smallest absolute Gasteiger partial charge is 0.378 e. The highest BCUT2D eigenvalue weighted by atomic mass is 19.4. The molecule has 0 radical (unpaired) electrons. The maximum atomic E-state index is 14.8. The molecule has 6 rings (SSSR count). The van der Waals surface area contributed by atoms with Gasteiger partial charge in [-0.15, -0.1) is 0 Å². The van der Waals surface area contributed by atoms with Crippen LogP contribution in [0.3, 0.4) is 0 Å². The number of carbonyl (C=O) groups is 2. The second-order valence-electron chi connectivity index (χ2n) is 13.2. The third-order valence-corrected chi connectivity index (χ3v) is 9.25. The van der Waals surface area contributed by atoms with Crippen LogP contribution in [-0.2, 0) is 36.3 Å². The molecule has 2 aliphatic carbocycles. The van der Waals surface area contributed by atoms with Gasteiger partial charge in [-0.25, -0.2) is 18.2 Å². The van der Waals surface area contributed by atoms with E-state index >= 15 is 0 Å². The van der Waals surface area contributed by atoms with Gasteiger partial charge < -0.3 is 16.2 Å². The van der Waals surface area contributed by atoms with Gasteiger partial charge in [-0.05, 0) is 92.0 Å². The van der Waals surface area contributed by atoms with Crippen molar-refractivity contribution < 1.29 is 49.8 Å². The number of alkyl halides is 5. The number of amides is 2. The quantitative estimate of drug-likeness (QED) is 0.138. The van der Waals surface area contributed by atoms with Crippen molar-refractivity contribution in [1.29, 1.82) is 0 Å². The molecular weight excluding hydrogens is 714 g/mol. The summed E-state index contributed by atoms with van der Waals surface area (Å²) in [6.07, 6.45) is -3.81. The Hall–Kier alpha value is -5.30. The molecule has 278 valence electrons. The zero-order chi connectivity index (χ0) is 38.3. The molecule has 2 aliphatic rings. The van der Waals surface area contributed by atoms with Crippen LogP contribution < -0.4 is 11.1 Å². The minimum atomic E-state index is -5.08. The van der Waals surface area contributed by atoms with Gasteiger partial charge in [-0.1, -0.05) is 18.4 Å². The number of nitrogens with two attached hydrogens (primary N) is 1. The van der Waals surface area contributed by atoms with Crippen LogP contribution in [0.1, 0.15) is 88.8 Å². The van der Waals surface area contributed by atoms with Crippen LogP contribution in [-0.4, -0.2) is 37.3 Å². The summed E-state index contributed by atoms with van der Waals surface area (Å²) >= 11 is 0. The topological polar surface area (TPSA) is 123 Å². The van der Waals surface area contributed by atoms with E-state index in [-0.39, 0.29) is 28.1 Å². The Morgan fingerprint density at radius 3 is 2.34 bits per heavy atom. The number of nitrogens with zero attached hydrogens (tertiary/aromatic N) is 3. The van der Waals surface area contributed by atoms with Crippen molar-refractivity contribution in [3.05, 3.63) is 105 Å². The van der Waals surface area contributed by atoms with Crippen LogP contribution in [0.25, 0.3) is 11.1 Å². The van der Waals surface area contributed by atoms with E-state index < -0.39 is 101 Å². The summed E-state index contributed by atoms with van der Waals surface area (Å²) in [6.45, 7) is -1.10. The third-order valence-electron chi connectivity index (χ3n) is 9.25. The van der Waals surface area contributed by atoms with Gasteiger partial charge in [-0.3, -0.25) is 14.3 Å². The number of aromatic nitrogens is 3. The normalized spacial score (nSPS) is 16.7. The maximum absolute atomic E-state index is 14.8. The highest BCUT2D eigenvalue weighted by Crippen LogP contribution is 2.46. The SMILES string of the molecule is NC(=O)c1cc(-c2ccc(C#CC3(O)CCCCC3)nc2C(Cc2cc(F)cc(F)c2)NC(=O)Cn2nc(C(F)(F)F)c3c2C(F)(F)CC3)ccc1F. The number of carbonyl (C=O) groups excluding carboxylic acids is 2. The average Bonchev–Trinajstić information content (AvgIpc) is 3.61. The molecule has 2 aromatic carbocycles. The molecule has 53 heavy (non-hydrogen) atoms. The van der Waals surface area contributed by atoms with Gasteiger partial charge in [0.05, 0.1) is 17.3 Å². The number of halogens is 8. The van der Waals surface area contributed by atoms with Crippen molar-refractivity contribution >= 4 is 11.8 Å². The number of hydrogen-bond acceptors (Lipinski definition) is 5. The van der Waals surface area contributed by atoms with E-state index in [1.807, 2.05) is 0 Å². The first-order valence-electron chi connectivity index (χ1n) is 16.6. The van der Waals surface area contributed by atoms with Gasteiger partial charge in [0.15, 0.2) is 5.69 Å². The summed E-state index contributed by atoms with van der Waals surface area (Å²) in [7, 11) is 0. The molecule has 1 saturated carbocycles. The summed E-state index contributed by atoms with van der Waals surface area (Å²) in [5.74, 6) is -3.19. The molecule has 1 unspecified atom stereocenters. The van der Waals surface area contributed by atoms with Crippen LogP contribution in [0.2, 0.25) is 0 Å². The molecule has 1 fully saturated rings. The zero-order valence-electron chi connectivity index (χ0n) is 27.8. The van der Waals surface area contributed by atoms with Crippen LogP contribution in [0.5, 0.6) is 0 Å².